The Bertz CT molecular complexity index is 388. The summed E-state index contributed by atoms with van der Waals surface area (Å²) in [7, 11) is 0. The number of aliphatic carboxylic acids is 1. The lowest BCUT2D eigenvalue weighted by Gasteiger charge is -2.31. The SMILES string of the molecule is O=C1CN(Cc2ccco2)C(C(=O)O)CN1. The van der Waals surface area contributed by atoms with Crippen molar-refractivity contribution in [1.82, 2.24) is 10.2 Å². The number of carboxylic acid groups (broad SMARTS) is 1. The maximum Gasteiger partial charge on any atom is 0.322 e. The third kappa shape index (κ3) is 2.22. The van der Waals surface area contributed by atoms with Gasteiger partial charge in [-0.05, 0) is 12.1 Å². The molecule has 1 fully saturated rings. The number of carbonyl (C=O) groups excluding carboxylic acids is 1. The number of piperazine rings is 1. The molecule has 6 nitrogen and oxygen atoms in total. The Hall–Kier alpha value is -1.82. The highest BCUT2D eigenvalue weighted by molar-refractivity contribution is 5.83. The van der Waals surface area contributed by atoms with Gasteiger partial charge < -0.3 is 14.8 Å². The molecule has 0 aromatic carbocycles. The van der Waals surface area contributed by atoms with Crippen LogP contribution >= 0.6 is 0 Å². The van der Waals surface area contributed by atoms with E-state index >= 15 is 0 Å². The molecule has 1 saturated heterocycles. The van der Waals surface area contributed by atoms with Gasteiger partial charge in [-0.15, -0.1) is 0 Å². The molecule has 1 amide bonds. The summed E-state index contributed by atoms with van der Waals surface area (Å²) in [6, 6.07) is 2.79. The van der Waals surface area contributed by atoms with E-state index < -0.39 is 12.0 Å². The molecule has 0 saturated carbocycles. The Morgan fingerprint density at radius 1 is 1.69 bits per heavy atom. The van der Waals surface area contributed by atoms with Crippen LogP contribution in [-0.2, 0) is 16.1 Å². The van der Waals surface area contributed by atoms with Gasteiger partial charge in [0.25, 0.3) is 0 Å². The lowest BCUT2D eigenvalue weighted by atomic mass is 10.2. The van der Waals surface area contributed by atoms with Crippen molar-refractivity contribution in [2.24, 2.45) is 0 Å². The average molecular weight is 224 g/mol. The molecule has 0 spiro atoms. The summed E-state index contributed by atoms with van der Waals surface area (Å²) in [5, 5.41) is 11.5. The summed E-state index contributed by atoms with van der Waals surface area (Å²) in [5.41, 5.74) is 0. The summed E-state index contributed by atoms with van der Waals surface area (Å²) in [6.07, 6.45) is 1.52. The van der Waals surface area contributed by atoms with Gasteiger partial charge in [0.2, 0.25) is 5.91 Å². The van der Waals surface area contributed by atoms with Crippen molar-refractivity contribution < 1.29 is 19.1 Å². The van der Waals surface area contributed by atoms with E-state index in [1.807, 2.05) is 0 Å². The number of hydrogen-bond donors (Lipinski definition) is 2. The molecule has 16 heavy (non-hydrogen) atoms. The van der Waals surface area contributed by atoms with Gasteiger partial charge in [-0.3, -0.25) is 14.5 Å². The van der Waals surface area contributed by atoms with Crippen LogP contribution in [0.15, 0.2) is 22.8 Å². The molecule has 2 N–H and O–H groups in total. The third-order valence-corrected chi connectivity index (χ3v) is 2.50. The first-order chi connectivity index (χ1) is 7.66. The fourth-order valence-electron chi connectivity index (χ4n) is 1.70. The van der Waals surface area contributed by atoms with Crippen molar-refractivity contribution in [2.45, 2.75) is 12.6 Å². The van der Waals surface area contributed by atoms with E-state index in [4.69, 9.17) is 9.52 Å². The standard InChI is InChI=1S/C10H12N2O4/c13-9-6-12(5-7-2-1-3-16-7)8(4-11-9)10(14)15/h1-3,8H,4-6H2,(H,11,13)(H,14,15). The number of nitrogens with one attached hydrogen (secondary N) is 1. The van der Waals surface area contributed by atoms with E-state index in [9.17, 15) is 9.59 Å². The van der Waals surface area contributed by atoms with E-state index in [1.54, 1.807) is 17.0 Å². The normalized spacial score (nSPS) is 21.8. The zero-order chi connectivity index (χ0) is 11.5. The highest BCUT2D eigenvalue weighted by Gasteiger charge is 2.32. The second-order valence-corrected chi connectivity index (χ2v) is 3.64. The first-order valence-corrected chi connectivity index (χ1v) is 4.93. The summed E-state index contributed by atoms with van der Waals surface area (Å²) in [6.45, 7) is 0.546. The Kier molecular flexibility index (Phi) is 2.91. The minimum atomic E-state index is -0.938. The largest absolute Gasteiger partial charge is 0.480 e. The van der Waals surface area contributed by atoms with Crippen LogP contribution in [0.3, 0.4) is 0 Å². The Morgan fingerprint density at radius 2 is 2.50 bits per heavy atom. The predicted molar refractivity (Wildman–Crippen MR) is 53.6 cm³/mol. The highest BCUT2D eigenvalue weighted by atomic mass is 16.4. The van der Waals surface area contributed by atoms with Gasteiger partial charge in [-0.2, -0.15) is 0 Å². The molecule has 0 radical (unpaired) electrons. The summed E-state index contributed by atoms with van der Waals surface area (Å²) >= 11 is 0. The Balaban J connectivity index is 2.08. The van der Waals surface area contributed by atoms with Gasteiger partial charge in [-0.25, -0.2) is 0 Å². The summed E-state index contributed by atoms with van der Waals surface area (Å²) < 4.78 is 5.13. The molecule has 1 aromatic rings. The molecule has 1 unspecified atom stereocenters. The monoisotopic (exact) mass is 224 g/mol. The molecule has 1 aliphatic heterocycles. The topological polar surface area (TPSA) is 82.8 Å². The van der Waals surface area contributed by atoms with Gasteiger partial charge in [-0.1, -0.05) is 0 Å². The zero-order valence-electron chi connectivity index (χ0n) is 8.55. The Morgan fingerprint density at radius 3 is 3.12 bits per heavy atom. The highest BCUT2D eigenvalue weighted by Crippen LogP contribution is 2.11. The van der Waals surface area contributed by atoms with E-state index in [0.717, 1.165) is 0 Å². The van der Waals surface area contributed by atoms with Crippen LogP contribution in [0.1, 0.15) is 5.76 Å². The lowest BCUT2D eigenvalue weighted by molar-refractivity contribution is -0.146. The molecule has 1 aromatic heterocycles. The van der Waals surface area contributed by atoms with Gasteiger partial charge in [0, 0.05) is 6.54 Å². The lowest BCUT2D eigenvalue weighted by Crippen LogP contribution is -2.56. The van der Waals surface area contributed by atoms with Crippen LogP contribution in [0.5, 0.6) is 0 Å². The minimum absolute atomic E-state index is 0.0810. The van der Waals surface area contributed by atoms with Gasteiger partial charge in [0.1, 0.15) is 11.8 Å². The van der Waals surface area contributed by atoms with Crippen molar-refractivity contribution in [3.05, 3.63) is 24.2 Å². The number of rotatable bonds is 3. The number of furan rings is 1. The molecule has 86 valence electrons. The fourth-order valence-corrected chi connectivity index (χ4v) is 1.70. The first kappa shape index (κ1) is 10.7. The van der Waals surface area contributed by atoms with E-state index in [0.29, 0.717) is 12.3 Å². The molecule has 2 rings (SSSR count). The Labute approximate surface area is 91.8 Å². The number of amides is 1. The van der Waals surface area contributed by atoms with Crippen LogP contribution in [-0.4, -0.2) is 41.0 Å². The molecule has 0 aliphatic carbocycles. The smallest absolute Gasteiger partial charge is 0.322 e. The summed E-state index contributed by atoms with van der Waals surface area (Å²) in [4.78, 5) is 23.8. The molecular formula is C10H12N2O4. The molecule has 6 heteroatoms. The van der Waals surface area contributed by atoms with Crippen molar-refractivity contribution in [3.63, 3.8) is 0 Å². The third-order valence-electron chi connectivity index (χ3n) is 2.50. The van der Waals surface area contributed by atoms with Crippen LogP contribution in [0.2, 0.25) is 0 Å². The number of carbonyl (C=O) groups is 2. The van der Waals surface area contributed by atoms with E-state index in [2.05, 4.69) is 5.32 Å². The summed E-state index contributed by atoms with van der Waals surface area (Å²) in [5.74, 6) is -0.448. The maximum atomic E-state index is 11.2. The van der Waals surface area contributed by atoms with Crippen molar-refractivity contribution in [2.75, 3.05) is 13.1 Å². The molecule has 0 bridgehead atoms. The second kappa shape index (κ2) is 4.36. The molecular weight excluding hydrogens is 212 g/mol. The van der Waals surface area contributed by atoms with Crippen molar-refractivity contribution >= 4 is 11.9 Å². The quantitative estimate of drug-likeness (QED) is 0.734. The van der Waals surface area contributed by atoms with E-state index in [1.165, 1.54) is 6.26 Å². The van der Waals surface area contributed by atoms with Crippen molar-refractivity contribution in [1.29, 1.82) is 0 Å². The average Bonchev–Trinajstić information content (AvgIpc) is 2.70. The molecule has 1 aliphatic rings. The molecule has 1 atom stereocenters. The first-order valence-electron chi connectivity index (χ1n) is 4.93. The predicted octanol–water partition coefficient (Wildman–Crippen LogP) is -0.335. The number of hydrogen-bond acceptors (Lipinski definition) is 4. The van der Waals surface area contributed by atoms with Crippen LogP contribution in [0.4, 0.5) is 0 Å². The minimum Gasteiger partial charge on any atom is -0.480 e. The zero-order valence-corrected chi connectivity index (χ0v) is 8.55. The second-order valence-electron chi connectivity index (χ2n) is 3.64. The van der Waals surface area contributed by atoms with Crippen LogP contribution in [0, 0.1) is 0 Å². The van der Waals surface area contributed by atoms with Gasteiger partial charge in [0.05, 0.1) is 19.4 Å². The van der Waals surface area contributed by atoms with Gasteiger partial charge in [0.15, 0.2) is 0 Å². The van der Waals surface area contributed by atoms with E-state index in [-0.39, 0.29) is 19.0 Å². The van der Waals surface area contributed by atoms with Gasteiger partial charge >= 0.3 is 5.97 Å². The number of nitrogens with zero attached hydrogens (tertiary/aromatic N) is 1. The van der Waals surface area contributed by atoms with Crippen LogP contribution in [0.25, 0.3) is 0 Å². The van der Waals surface area contributed by atoms with Crippen molar-refractivity contribution in [3.8, 4) is 0 Å². The van der Waals surface area contributed by atoms with Crippen LogP contribution < -0.4 is 5.32 Å². The molecule has 2 heterocycles. The maximum absolute atomic E-state index is 11.2. The fraction of sp³-hybridized carbons (Fsp3) is 0.400. The number of carboxylic acids is 1.